The van der Waals surface area contributed by atoms with Crippen LogP contribution >= 0.6 is 0 Å². The molecule has 0 radical (unpaired) electrons. The van der Waals surface area contributed by atoms with Crippen LogP contribution < -0.4 is 4.90 Å². The van der Waals surface area contributed by atoms with Crippen molar-refractivity contribution in [2.24, 2.45) is 11.1 Å². The number of rotatable bonds is 4. The van der Waals surface area contributed by atoms with Gasteiger partial charge in [0, 0.05) is 18.8 Å². The second-order valence-electron chi connectivity index (χ2n) is 6.87. The Morgan fingerprint density at radius 3 is 1.84 bits per heavy atom. The van der Waals surface area contributed by atoms with Gasteiger partial charge >= 0.3 is 0 Å². The topological polar surface area (TPSA) is 26.0 Å². The van der Waals surface area contributed by atoms with Crippen LogP contribution in [0, 0.1) is 17.6 Å². The highest BCUT2D eigenvalue weighted by Crippen LogP contribution is 2.28. The van der Waals surface area contributed by atoms with E-state index in [1.165, 1.54) is 37.4 Å². The van der Waals surface area contributed by atoms with Crippen molar-refractivity contribution in [2.75, 3.05) is 19.6 Å². The van der Waals surface area contributed by atoms with E-state index in [9.17, 15) is 8.78 Å². The van der Waals surface area contributed by atoms with Crippen LogP contribution in [-0.4, -0.2) is 25.3 Å². The van der Waals surface area contributed by atoms with Crippen molar-refractivity contribution < 1.29 is 18.5 Å². The third-order valence-corrected chi connectivity index (χ3v) is 5.22. The molecule has 2 aromatic carbocycles. The first-order valence-corrected chi connectivity index (χ1v) is 8.76. The van der Waals surface area contributed by atoms with Crippen LogP contribution in [0.15, 0.2) is 53.7 Å². The molecule has 3 saturated heterocycles. The van der Waals surface area contributed by atoms with Crippen molar-refractivity contribution in [1.82, 2.24) is 0 Å². The molecule has 0 unspecified atom stereocenters. The Morgan fingerprint density at radius 2 is 1.40 bits per heavy atom. The standard InChI is InChI=1S/C20H20F2N2O/c21-17-5-1-15(2-6-17)20(16-3-7-18(22)8-4-16)25-23-19-13-24-11-9-14(19)10-12-24/h1-8,14,20H,9-13H2/p+1/b23-19+. The van der Waals surface area contributed by atoms with Gasteiger partial charge in [-0.05, 0) is 35.4 Å². The summed E-state index contributed by atoms with van der Waals surface area (Å²) < 4.78 is 26.5. The summed E-state index contributed by atoms with van der Waals surface area (Å²) in [7, 11) is 0. The van der Waals surface area contributed by atoms with Gasteiger partial charge in [0.05, 0.1) is 13.1 Å². The number of fused-ring (bicyclic) bond motifs is 3. The van der Waals surface area contributed by atoms with Gasteiger partial charge in [-0.1, -0.05) is 29.4 Å². The molecule has 0 saturated carbocycles. The van der Waals surface area contributed by atoms with Crippen LogP contribution in [0.25, 0.3) is 0 Å². The summed E-state index contributed by atoms with van der Waals surface area (Å²) in [5, 5.41) is 4.47. The van der Waals surface area contributed by atoms with E-state index >= 15 is 0 Å². The first-order valence-electron chi connectivity index (χ1n) is 8.76. The fourth-order valence-electron chi connectivity index (χ4n) is 3.75. The number of nitrogens with one attached hydrogen (secondary N) is 1. The monoisotopic (exact) mass is 343 g/mol. The molecule has 0 spiro atoms. The Labute approximate surface area is 145 Å². The molecular formula is C20H21F2N2O+. The van der Waals surface area contributed by atoms with Gasteiger partial charge in [-0.15, -0.1) is 0 Å². The van der Waals surface area contributed by atoms with E-state index in [2.05, 4.69) is 5.16 Å². The van der Waals surface area contributed by atoms with Crippen molar-refractivity contribution in [2.45, 2.75) is 18.9 Å². The summed E-state index contributed by atoms with van der Waals surface area (Å²) in [6, 6.07) is 12.4. The largest absolute Gasteiger partial charge is 0.383 e. The SMILES string of the molecule is Fc1ccc(C(O/N=C2\C[NH+]3CCC2CC3)c2ccc(F)cc2)cc1. The fraction of sp³-hybridized carbons (Fsp3) is 0.350. The predicted octanol–water partition coefficient (Wildman–Crippen LogP) is 2.74. The molecule has 0 atom stereocenters. The van der Waals surface area contributed by atoms with E-state index in [1.54, 1.807) is 29.2 Å². The van der Waals surface area contributed by atoms with Gasteiger partial charge in [-0.2, -0.15) is 0 Å². The van der Waals surface area contributed by atoms with Gasteiger partial charge in [0.2, 0.25) is 0 Å². The zero-order valence-electron chi connectivity index (χ0n) is 13.9. The Hall–Kier alpha value is -2.27. The van der Waals surface area contributed by atoms with E-state index < -0.39 is 6.10 Å². The maximum atomic E-state index is 13.3. The van der Waals surface area contributed by atoms with Crippen molar-refractivity contribution in [3.63, 3.8) is 0 Å². The molecule has 0 amide bonds. The van der Waals surface area contributed by atoms with E-state index in [0.29, 0.717) is 5.92 Å². The van der Waals surface area contributed by atoms with Crippen LogP contribution in [-0.2, 0) is 4.84 Å². The molecule has 3 nitrogen and oxygen atoms in total. The van der Waals surface area contributed by atoms with Crippen LogP contribution in [0.1, 0.15) is 30.1 Å². The minimum absolute atomic E-state index is 0.297. The molecule has 2 aromatic rings. The van der Waals surface area contributed by atoms with Crippen molar-refractivity contribution >= 4 is 5.71 Å². The number of hydrogen-bond donors (Lipinski definition) is 1. The van der Waals surface area contributed by atoms with Gasteiger partial charge in [-0.3, -0.25) is 0 Å². The zero-order valence-corrected chi connectivity index (χ0v) is 13.9. The van der Waals surface area contributed by atoms with Crippen LogP contribution in [0.4, 0.5) is 8.78 Å². The van der Waals surface area contributed by atoms with E-state index in [4.69, 9.17) is 4.84 Å². The molecule has 25 heavy (non-hydrogen) atoms. The fourth-order valence-corrected chi connectivity index (χ4v) is 3.75. The molecule has 130 valence electrons. The Bertz CT molecular complexity index is 705. The first-order chi connectivity index (χ1) is 12.2. The number of hydrogen-bond acceptors (Lipinski definition) is 2. The summed E-state index contributed by atoms with van der Waals surface area (Å²) in [6.45, 7) is 3.36. The summed E-state index contributed by atoms with van der Waals surface area (Å²) in [4.78, 5) is 7.48. The van der Waals surface area contributed by atoms with Crippen LogP contribution in [0.5, 0.6) is 0 Å². The Kier molecular flexibility index (Phi) is 4.49. The molecule has 5 heteroatoms. The van der Waals surface area contributed by atoms with Crippen molar-refractivity contribution in [1.29, 1.82) is 0 Å². The summed E-state index contributed by atoms with van der Waals surface area (Å²) in [5.41, 5.74) is 2.71. The van der Waals surface area contributed by atoms with E-state index in [0.717, 1.165) is 36.2 Å². The van der Waals surface area contributed by atoms with E-state index in [1.807, 2.05) is 0 Å². The van der Waals surface area contributed by atoms with Gasteiger partial charge in [0.1, 0.15) is 23.9 Å². The molecule has 5 rings (SSSR count). The molecule has 3 fully saturated rings. The van der Waals surface area contributed by atoms with Crippen molar-refractivity contribution in [3.8, 4) is 0 Å². The molecule has 0 aliphatic carbocycles. The Morgan fingerprint density at radius 1 is 0.880 bits per heavy atom. The number of halogens is 2. The molecular weight excluding hydrogens is 322 g/mol. The number of nitrogens with zero attached hydrogens (tertiary/aromatic N) is 1. The van der Waals surface area contributed by atoms with Gasteiger partial charge in [-0.25, -0.2) is 8.78 Å². The van der Waals surface area contributed by atoms with Crippen molar-refractivity contribution in [3.05, 3.63) is 71.3 Å². The lowest BCUT2D eigenvalue weighted by Crippen LogP contribution is -3.16. The third-order valence-electron chi connectivity index (χ3n) is 5.22. The highest BCUT2D eigenvalue weighted by atomic mass is 19.1. The zero-order chi connectivity index (χ0) is 17.2. The average Bonchev–Trinajstić information content (AvgIpc) is 2.66. The lowest BCUT2D eigenvalue weighted by atomic mass is 9.87. The summed E-state index contributed by atoms with van der Waals surface area (Å²) >= 11 is 0. The van der Waals surface area contributed by atoms with Crippen LogP contribution in [0.2, 0.25) is 0 Å². The first kappa shape index (κ1) is 16.2. The normalized spacial score (nSPS) is 24.0. The molecule has 1 N–H and O–H groups in total. The lowest BCUT2D eigenvalue weighted by molar-refractivity contribution is -0.902. The molecule has 2 bridgehead atoms. The quantitative estimate of drug-likeness (QED) is 0.849. The van der Waals surface area contributed by atoms with Crippen LogP contribution in [0.3, 0.4) is 0 Å². The third kappa shape index (κ3) is 3.56. The highest BCUT2D eigenvalue weighted by Gasteiger charge is 2.35. The number of oxime groups is 1. The minimum atomic E-state index is -0.473. The molecule has 3 aliphatic rings. The number of piperidine rings is 3. The molecule has 0 aromatic heterocycles. The smallest absolute Gasteiger partial charge is 0.177 e. The highest BCUT2D eigenvalue weighted by molar-refractivity contribution is 5.88. The predicted molar refractivity (Wildman–Crippen MR) is 91.5 cm³/mol. The van der Waals surface area contributed by atoms with Gasteiger partial charge < -0.3 is 9.74 Å². The van der Waals surface area contributed by atoms with Gasteiger partial charge in [0.25, 0.3) is 0 Å². The number of benzene rings is 2. The maximum absolute atomic E-state index is 13.3. The second kappa shape index (κ2) is 6.92. The summed E-state index contributed by atoms with van der Waals surface area (Å²) in [6.07, 6.45) is 1.85. The average molecular weight is 343 g/mol. The molecule has 3 aliphatic heterocycles. The minimum Gasteiger partial charge on any atom is -0.383 e. The Balaban J connectivity index is 1.61. The maximum Gasteiger partial charge on any atom is 0.177 e. The van der Waals surface area contributed by atoms with E-state index in [-0.39, 0.29) is 11.6 Å². The second-order valence-corrected chi connectivity index (χ2v) is 6.87. The van der Waals surface area contributed by atoms with Gasteiger partial charge in [0.15, 0.2) is 6.10 Å². The molecule has 3 heterocycles. The number of quaternary nitrogens is 1. The lowest BCUT2D eigenvalue weighted by Gasteiger charge is -2.36. The summed E-state index contributed by atoms with van der Waals surface area (Å²) in [5.74, 6) is -0.0811.